The maximum absolute atomic E-state index is 12.1. The van der Waals surface area contributed by atoms with Crippen molar-refractivity contribution < 1.29 is 66.5 Å². The van der Waals surface area contributed by atoms with E-state index >= 15 is 0 Å². The van der Waals surface area contributed by atoms with Crippen molar-refractivity contribution in [3.05, 3.63) is 0 Å². The van der Waals surface area contributed by atoms with Crippen LogP contribution in [0.3, 0.4) is 0 Å². The lowest BCUT2D eigenvalue weighted by Crippen LogP contribution is -2.44. The predicted octanol–water partition coefficient (Wildman–Crippen LogP) is 5.48. The Hall–Kier alpha value is -0.990. The topological polar surface area (TPSA) is 18.5 Å². The van der Waals surface area contributed by atoms with Crippen LogP contribution in [0, 0.1) is 0 Å². The average Bonchev–Trinajstić information content (AvgIpc) is 2.79. The van der Waals surface area contributed by atoms with E-state index in [1.54, 1.807) is 0 Å². The van der Waals surface area contributed by atoms with E-state index < -0.39 is 44.5 Å². The van der Waals surface area contributed by atoms with Crippen LogP contribution in [0.15, 0.2) is 0 Å². The quantitative estimate of drug-likeness (QED) is 0.489. The lowest BCUT2D eigenvalue weighted by atomic mass is 10.3. The van der Waals surface area contributed by atoms with E-state index in [1.165, 1.54) is 0 Å². The number of hydrogen-bond acceptors (Lipinski definition) is 2. The van der Waals surface area contributed by atoms with E-state index in [0.717, 1.165) is 0 Å². The van der Waals surface area contributed by atoms with Gasteiger partial charge in [0.1, 0.15) is 6.61 Å². The van der Waals surface area contributed by atoms with Crippen LogP contribution in [0.1, 0.15) is 6.92 Å². The zero-order valence-electron chi connectivity index (χ0n) is 12.9. The Balaban J connectivity index is -0.000000143. The first-order valence-electron chi connectivity index (χ1n) is 5.43. The molecule has 0 bridgehead atoms. The molecule has 0 amide bonds. The van der Waals surface area contributed by atoms with Gasteiger partial charge < -0.3 is 4.74 Å². The number of ether oxygens (including phenoxy) is 2. The highest BCUT2D eigenvalue weighted by molar-refractivity contribution is 4.80. The Morgan fingerprint density at radius 2 is 1.12 bits per heavy atom. The molecule has 0 spiro atoms. The Labute approximate surface area is 133 Å². The first kappa shape index (κ1) is 31.7. The first-order valence-corrected chi connectivity index (χ1v) is 5.43. The average molecular weight is 414 g/mol. The third-order valence-corrected chi connectivity index (χ3v) is 1.53. The van der Waals surface area contributed by atoms with E-state index in [4.69, 9.17) is 0 Å². The minimum absolute atomic E-state index is 0.411. The summed E-state index contributed by atoms with van der Waals surface area (Å²) in [4.78, 5) is 0. The maximum atomic E-state index is 12.1. The molecule has 1 aliphatic rings. The highest BCUT2D eigenvalue weighted by atomic mass is 19.4. The van der Waals surface area contributed by atoms with Crippen LogP contribution in [0.2, 0.25) is 0 Å². The Morgan fingerprint density at radius 3 is 1.20 bits per heavy atom. The van der Waals surface area contributed by atoms with E-state index in [2.05, 4.69) is 9.47 Å². The fraction of sp³-hybridized carbons (Fsp3) is 1.00. The smallest absolute Gasteiger partial charge is 0.333 e. The summed E-state index contributed by atoms with van der Waals surface area (Å²) in [5.74, 6) is -3.18. The largest absolute Gasteiger partial charge is 0.443 e. The van der Waals surface area contributed by atoms with Gasteiger partial charge in [0.15, 0.2) is 6.67 Å². The second-order valence-electron chi connectivity index (χ2n) is 3.32. The molecule has 1 saturated heterocycles. The van der Waals surface area contributed by atoms with Crippen LogP contribution in [0.4, 0.5) is 57.1 Å². The van der Waals surface area contributed by atoms with Crippen LogP contribution < -0.4 is 0 Å². The van der Waals surface area contributed by atoms with Gasteiger partial charge in [0, 0.05) is 0 Å². The summed E-state index contributed by atoms with van der Waals surface area (Å²) >= 11 is 0. The molecule has 25 heavy (non-hydrogen) atoms. The highest BCUT2D eigenvalue weighted by Crippen LogP contribution is 2.43. The molecular formula is C10H15F13O2. The first-order chi connectivity index (χ1) is 11.1. The second kappa shape index (κ2) is 14.2. The Kier molecular flexibility index (Phi) is 18.0. The molecule has 0 N–H and O–H groups in total. The number of rotatable bonds is 0. The van der Waals surface area contributed by atoms with Gasteiger partial charge in [-0.2, -0.15) is 35.1 Å². The summed E-state index contributed by atoms with van der Waals surface area (Å²) in [7, 11) is 1.00. The molecule has 158 valence electrons. The molecule has 1 aliphatic heterocycles. The van der Waals surface area contributed by atoms with Gasteiger partial charge in [-0.3, -0.25) is 13.5 Å². The molecule has 0 aromatic heterocycles. The van der Waals surface area contributed by atoms with Gasteiger partial charge in [-0.1, -0.05) is 0 Å². The molecule has 0 aromatic carbocycles. The van der Waals surface area contributed by atoms with Gasteiger partial charge in [-0.25, -0.2) is 13.2 Å². The number of alkyl halides is 13. The van der Waals surface area contributed by atoms with Crippen molar-refractivity contribution in [2.75, 3.05) is 34.6 Å². The highest BCUT2D eigenvalue weighted by Gasteiger charge is 2.64. The van der Waals surface area contributed by atoms with Crippen LogP contribution >= 0.6 is 0 Å². The lowest BCUT2D eigenvalue weighted by Gasteiger charge is -2.24. The fourth-order valence-corrected chi connectivity index (χ4v) is 0.705. The predicted molar refractivity (Wildman–Crippen MR) is 59.6 cm³/mol. The van der Waals surface area contributed by atoms with E-state index in [0.29, 0.717) is 21.3 Å². The van der Waals surface area contributed by atoms with Crippen molar-refractivity contribution in [2.45, 2.75) is 31.2 Å². The standard InChI is InChI=1S/C5H5F5O2.C2H2F4.CH2F2.2CH3F/c1-3(5(8,9)10)11-2-4(6,7)12-3;3-1-2(4,5)6;2-1-3;2*1-2/h2H2,1H3;1H2;1H2;2*1H3. The normalized spacial score (nSPS) is 21.1. The van der Waals surface area contributed by atoms with Gasteiger partial charge in [0.2, 0.25) is 6.93 Å². The Bertz CT molecular complexity index is 292. The SMILES string of the molecule is CC1(C(F)(F)F)OCC(F)(F)O1.CF.CF.FCC(F)(F)F.FCF. The minimum atomic E-state index is -4.95. The van der Waals surface area contributed by atoms with Crippen LogP contribution in [-0.2, 0) is 9.47 Å². The van der Waals surface area contributed by atoms with Gasteiger partial charge in [-0.15, -0.1) is 0 Å². The van der Waals surface area contributed by atoms with Crippen molar-refractivity contribution in [1.82, 2.24) is 0 Å². The molecule has 0 aromatic rings. The van der Waals surface area contributed by atoms with Crippen LogP contribution in [0.25, 0.3) is 0 Å². The van der Waals surface area contributed by atoms with Gasteiger partial charge in [0.05, 0.1) is 14.4 Å². The molecule has 1 rings (SSSR count). The maximum Gasteiger partial charge on any atom is 0.443 e. The summed E-state index contributed by atoms with van der Waals surface area (Å²) in [5.41, 5.74) is 0. The van der Waals surface area contributed by atoms with E-state index in [-0.39, 0.29) is 0 Å². The number of halogens is 13. The molecule has 1 fully saturated rings. The van der Waals surface area contributed by atoms with E-state index in [1.807, 2.05) is 0 Å². The molecule has 0 saturated carbocycles. The molecule has 2 nitrogen and oxygen atoms in total. The zero-order valence-corrected chi connectivity index (χ0v) is 12.9. The minimum Gasteiger partial charge on any atom is -0.333 e. The van der Waals surface area contributed by atoms with Crippen molar-refractivity contribution in [3.8, 4) is 0 Å². The fourth-order valence-electron chi connectivity index (χ4n) is 0.705. The van der Waals surface area contributed by atoms with Crippen molar-refractivity contribution >= 4 is 0 Å². The van der Waals surface area contributed by atoms with Crippen molar-refractivity contribution in [2.24, 2.45) is 0 Å². The molecule has 15 heteroatoms. The molecule has 1 unspecified atom stereocenters. The summed E-state index contributed by atoms with van der Waals surface area (Å²) in [6.07, 6.45) is -13.4. The van der Waals surface area contributed by atoms with Gasteiger partial charge >= 0.3 is 18.5 Å². The Morgan fingerprint density at radius 1 is 0.840 bits per heavy atom. The third kappa shape index (κ3) is 17.6. The molecular weight excluding hydrogens is 399 g/mol. The van der Waals surface area contributed by atoms with E-state index in [9.17, 15) is 57.1 Å². The lowest BCUT2D eigenvalue weighted by molar-refractivity contribution is -0.369. The van der Waals surface area contributed by atoms with Gasteiger partial charge in [0.25, 0.3) is 5.79 Å². The summed E-state index contributed by atoms with van der Waals surface area (Å²) in [5, 5.41) is 0. The summed E-state index contributed by atoms with van der Waals surface area (Å²) in [6.45, 7) is -4.94. The van der Waals surface area contributed by atoms with Crippen molar-refractivity contribution in [1.29, 1.82) is 0 Å². The zero-order chi connectivity index (χ0) is 21.5. The van der Waals surface area contributed by atoms with Crippen LogP contribution in [-0.4, -0.2) is 58.8 Å². The monoisotopic (exact) mass is 414 g/mol. The van der Waals surface area contributed by atoms with Gasteiger partial charge in [-0.05, 0) is 6.92 Å². The summed E-state index contributed by atoms with van der Waals surface area (Å²) in [6, 6.07) is 0. The third-order valence-electron chi connectivity index (χ3n) is 1.53. The molecule has 1 atom stereocenters. The summed E-state index contributed by atoms with van der Waals surface area (Å²) < 4.78 is 147. The van der Waals surface area contributed by atoms with Crippen LogP contribution in [0.5, 0.6) is 0 Å². The molecule has 0 radical (unpaired) electrons. The number of hydrogen-bond donors (Lipinski definition) is 0. The second-order valence-corrected chi connectivity index (χ2v) is 3.32. The molecule has 1 heterocycles. The van der Waals surface area contributed by atoms with Crippen molar-refractivity contribution in [3.63, 3.8) is 0 Å². The molecule has 0 aliphatic carbocycles.